The lowest BCUT2D eigenvalue weighted by Crippen LogP contribution is -2.56. The molecule has 4 heterocycles. The van der Waals surface area contributed by atoms with Gasteiger partial charge in [0.05, 0.1) is 5.41 Å². The number of piperazine rings is 1. The minimum absolute atomic E-state index is 0.232. The zero-order valence-electron chi connectivity index (χ0n) is 15.8. The zero-order chi connectivity index (χ0) is 18.1. The quantitative estimate of drug-likeness (QED) is 0.834. The predicted octanol–water partition coefficient (Wildman–Crippen LogP) is 1.50. The first-order chi connectivity index (χ1) is 12.6. The number of carbonyl (C=O) groups excluding carboxylic acids is 1. The van der Waals surface area contributed by atoms with Gasteiger partial charge in [-0.3, -0.25) is 4.79 Å². The lowest BCUT2D eigenvalue weighted by molar-refractivity contribution is -0.144. The molecule has 0 radical (unpaired) electrons. The molecule has 1 amide bonds. The van der Waals surface area contributed by atoms with E-state index in [0.29, 0.717) is 5.91 Å². The fraction of sp³-hybridized carbons (Fsp3) is 0.632. The van der Waals surface area contributed by atoms with E-state index in [0.717, 1.165) is 70.1 Å². The summed E-state index contributed by atoms with van der Waals surface area (Å²) in [6.45, 7) is 10.6. The fourth-order valence-electron chi connectivity index (χ4n) is 4.28. The number of fused-ring (bicyclic) bond motifs is 1. The van der Waals surface area contributed by atoms with Crippen LogP contribution in [-0.2, 0) is 4.79 Å². The zero-order valence-corrected chi connectivity index (χ0v) is 15.8. The Morgan fingerprint density at radius 3 is 2.77 bits per heavy atom. The normalized spacial score (nSPS) is 25.0. The maximum absolute atomic E-state index is 13.2. The summed E-state index contributed by atoms with van der Waals surface area (Å²) < 4.78 is 1.80. The van der Waals surface area contributed by atoms with Crippen LogP contribution in [0.2, 0.25) is 0 Å². The minimum atomic E-state index is -0.232. The Morgan fingerprint density at radius 1 is 1.19 bits per heavy atom. The maximum Gasteiger partial charge on any atom is 0.229 e. The molecular weight excluding hydrogens is 328 g/mol. The minimum Gasteiger partial charge on any atom is -0.352 e. The van der Waals surface area contributed by atoms with Gasteiger partial charge in [0.25, 0.3) is 0 Å². The summed E-state index contributed by atoms with van der Waals surface area (Å²) in [7, 11) is 0. The van der Waals surface area contributed by atoms with Crippen LogP contribution in [0.5, 0.6) is 0 Å². The molecule has 140 valence electrons. The molecule has 1 atom stereocenters. The van der Waals surface area contributed by atoms with Crippen molar-refractivity contribution < 1.29 is 4.79 Å². The summed E-state index contributed by atoms with van der Waals surface area (Å²) in [5.74, 6) is 1.27. The van der Waals surface area contributed by atoms with Crippen LogP contribution < -0.4 is 4.90 Å². The largest absolute Gasteiger partial charge is 0.352 e. The third-order valence-corrected chi connectivity index (χ3v) is 5.87. The third-order valence-electron chi connectivity index (χ3n) is 5.87. The number of likely N-dealkylation sites (tertiary alicyclic amines) is 1. The van der Waals surface area contributed by atoms with Crippen LogP contribution in [0.3, 0.4) is 0 Å². The van der Waals surface area contributed by atoms with Gasteiger partial charge in [-0.2, -0.15) is 0 Å². The van der Waals surface area contributed by atoms with E-state index >= 15 is 0 Å². The van der Waals surface area contributed by atoms with Gasteiger partial charge < -0.3 is 14.7 Å². The lowest BCUT2D eigenvalue weighted by Gasteiger charge is -2.44. The van der Waals surface area contributed by atoms with E-state index in [4.69, 9.17) is 0 Å². The molecule has 0 spiro atoms. The van der Waals surface area contributed by atoms with E-state index in [1.807, 2.05) is 18.3 Å². The van der Waals surface area contributed by atoms with Gasteiger partial charge in [0.2, 0.25) is 5.91 Å². The topological polar surface area (TPSA) is 57.0 Å². The van der Waals surface area contributed by atoms with Crippen molar-refractivity contribution in [3.63, 3.8) is 0 Å². The first-order valence-corrected chi connectivity index (χ1v) is 9.66. The Bertz CT molecular complexity index is 781. The number of amides is 1. The molecule has 0 saturated carbocycles. The molecule has 2 aliphatic heterocycles. The molecule has 0 aromatic carbocycles. The second kappa shape index (κ2) is 6.87. The van der Waals surface area contributed by atoms with Crippen molar-refractivity contribution in [1.29, 1.82) is 0 Å². The highest BCUT2D eigenvalue weighted by atomic mass is 16.2. The summed E-state index contributed by atoms with van der Waals surface area (Å²) in [5, 5.41) is 4.62. The van der Waals surface area contributed by atoms with E-state index < -0.39 is 0 Å². The van der Waals surface area contributed by atoms with E-state index in [2.05, 4.69) is 38.6 Å². The number of piperidine rings is 1. The second-order valence-electron chi connectivity index (χ2n) is 7.73. The van der Waals surface area contributed by atoms with Gasteiger partial charge in [0, 0.05) is 45.1 Å². The Balaban J connectivity index is 1.40. The van der Waals surface area contributed by atoms with E-state index in [9.17, 15) is 4.79 Å². The van der Waals surface area contributed by atoms with E-state index in [-0.39, 0.29) is 5.41 Å². The average molecular weight is 356 g/mol. The number of carbonyl (C=O) groups is 1. The van der Waals surface area contributed by atoms with Crippen LogP contribution in [-0.4, -0.2) is 76.1 Å². The predicted molar refractivity (Wildman–Crippen MR) is 101 cm³/mol. The molecule has 2 aromatic heterocycles. The van der Waals surface area contributed by atoms with Gasteiger partial charge in [0.15, 0.2) is 5.65 Å². The van der Waals surface area contributed by atoms with Crippen molar-refractivity contribution in [1.82, 2.24) is 24.4 Å². The van der Waals surface area contributed by atoms with Crippen LogP contribution >= 0.6 is 0 Å². The average Bonchev–Trinajstić information content (AvgIpc) is 3.15. The fourth-order valence-corrected chi connectivity index (χ4v) is 4.28. The number of nitrogens with zero attached hydrogens (tertiary/aromatic N) is 6. The molecule has 7 heteroatoms. The summed E-state index contributed by atoms with van der Waals surface area (Å²) in [5.41, 5.74) is 0.623. The van der Waals surface area contributed by atoms with Gasteiger partial charge in [0.1, 0.15) is 5.82 Å². The van der Waals surface area contributed by atoms with Crippen molar-refractivity contribution in [2.45, 2.75) is 26.7 Å². The van der Waals surface area contributed by atoms with Crippen LogP contribution in [0, 0.1) is 5.41 Å². The van der Waals surface area contributed by atoms with Gasteiger partial charge in [-0.1, -0.05) is 6.92 Å². The molecular formula is C19H28N6O. The Morgan fingerprint density at radius 2 is 2.00 bits per heavy atom. The highest BCUT2D eigenvalue weighted by Gasteiger charge is 2.40. The molecule has 2 saturated heterocycles. The lowest BCUT2D eigenvalue weighted by atomic mass is 9.80. The van der Waals surface area contributed by atoms with Crippen molar-refractivity contribution in [3.05, 3.63) is 24.5 Å². The highest BCUT2D eigenvalue weighted by molar-refractivity contribution is 5.83. The van der Waals surface area contributed by atoms with E-state index in [1.54, 1.807) is 10.7 Å². The van der Waals surface area contributed by atoms with Gasteiger partial charge in [-0.15, -0.1) is 5.10 Å². The molecule has 4 rings (SSSR count). The monoisotopic (exact) mass is 356 g/mol. The number of aromatic nitrogens is 3. The molecule has 0 aliphatic carbocycles. The molecule has 26 heavy (non-hydrogen) atoms. The number of rotatable bonds is 3. The van der Waals surface area contributed by atoms with Crippen molar-refractivity contribution in [2.75, 3.05) is 50.7 Å². The molecule has 7 nitrogen and oxygen atoms in total. The first-order valence-electron chi connectivity index (χ1n) is 9.66. The molecule has 0 bridgehead atoms. The van der Waals surface area contributed by atoms with Crippen LogP contribution in [0.25, 0.3) is 5.65 Å². The summed E-state index contributed by atoms with van der Waals surface area (Å²) in [6.07, 6.45) is 5.74. The molecule has 1 unspecified atom stereocenters. The van der Waals surface area contributed by atoms with Crippen molar-refractivity contribution in [3.8, 4) is 0 Å². The van der Waals surface area contributed by atoms with Gasteiger partial charge >= 0.3 is 0 Å². The molecule has 2 aromatic rings. The first kappa shape index (κ1) is 17.3. The standard InChI is InChI=1S/C19H28N6O/c1-3-22-9-4-7-19(2,15-22)18(26)24-13-11-23(12-14-24)17-6-5-16-20-8-10-25(16)21-17/h5-6,8,10H,3-4,7,9,11-15H2,1-2H3. The second-order valence-corrected chi connectivity index (χ2v) is 7.73. The van der Waals surface area contributed by atoms with E-state index in [1.165, 1.54) is 0 Å². The Hall–Kier alpha value is -2.15. The van der Waals surface area contributed by atoms with Crippen molar-refractivity contribution >= 4 is 17.4 Å². The van der Waals surface area contributed by atoms with Gasteiger partial charge in [-0.05, 0) is 45.0 Å². The van der Waals surface area contributed by atoms with Gasteiger partial charge in [-0.25, -0.2) is 9.50 Å². The molecule has 2 aliphatic rings. The molecule has 0 N–H and O–H groups in total. The SMILES string of the molecule is CCN1CCCC(C)(C(=O)N2CCN(c3ccc4nccn4n3)CC2)C1. The van der Waals surface area contributed by atoms with Crippen molar-refractivity contribution in [2.24, 2.45) is 5.41 Å². The summed E-state index contributed by atoms with van der Waals surface area (Å²) in [6, 6.07) is 4.00. The smallest absolute Gasteiger partial charge is 0.229 e. The summed E-state index contributed by atoms with van der Waals surface area (Å²) in [4.78, 5) is 24.1. The number of hydrogen-bond acceptors (Lipinski definition) is 5. The number of imidazole rings is 1. The maximum atomic E-state index is 13.2. The Labute approximate surface area is 154 Å². The summed E-state index contributed by atoms with van der Waals surface area (Å²) >= 11 is 0. The number of hydrogen-bond donors (Lipinski definition) is 0. The highest BCUT2D eigenvalue weighted by Crippen LogP contribution is 2.32. The number of anilines is 1. The van der Waals surface area contributed by atoms with Crippen LogP contribution in [0.4, 0.5) is 5.82 Å². The third kappa shape index (κ3) is 3.16. The van der Waals surface area contributed by atoms with Crippen LogP contribution in [0.1, 0.15) is 26.7 Å². The van der Waals surface area contributed by atoms with Crippen LogP contribution in [0.15, 0.2) is 24.5 Å². The molecule has 2 fully saturated rings. The Kier molecular flexibility index (Phi) is 4.56.